The lowest BCUT2D eigenvalue weighted by Crippen LogP contribution is -2.33. The third kappa shape index (κ3) is 4.12. The number of aromatic nitrogens is 2. The molecule has 0 radical (unpaired) electrons. The Balaban J connectivity index is 1.48. The predicted molar refractivity (Wildman–Crippen MR) is 132 cm³/mol. The highest BCUT2D eigenvalue weighted by atomic mass is 32.1. The molecule has 1 fully saturated rings. The molecular weight excluding hydrogens is 454 g/mol. The first kappa shape index (κ1) is 22.3. The highest BCUT2D eigenvalue weighted by Crippen LogP contribution is 2.37. The van der Waals surface area contributed by atoms with Crippen LogP contribution >= 0.6 is 22.7 Å². The Labute approximate surface area is 200 Å². The number of nitriles is 1. The molecule has 1 N–H and O–H groups in total. The summed E-state index contributed by atoms with van der Waals surface area (Å²) >= 11 is 3.04. The van der Waals surface area contributed by atoms with E-state index >= 15 is 0 Å². The Morgan fingerprint density at radius 2 is 1.91 bits per heavy atom. The van der Waals surface area contributed by atoms with Crippen LogP contribution < -0.4 is 10.9 Å². The van der Waals surface area contributed by atoms with E-state index in [0.29, 0.717) is 28.3 Å². The summed E-state index contributed by atoms with van der Waals surface area (Å²) in [6, 6.07) is 2.29. The third-order valence-electron chi connectivity index (χ3n) is 6.77. The summed E-state index contributed by atoms with van der Waals surface area (Å²) in [5, 5.41) is 13.9. The van der Waals surface area contributed by atoms with Crippen molar-refractivity contribution in [3.63, 3.8) is 0 Å². The van der Waals surface area contributed by atoms with E-state index in [1.807, 2.05) is 13.8 Å². The zero-order chi connectivity index (χ0) is 23.1. The smallest absolute Gasteiger partial charge is 0.263 e. The molecule has 0 aromatic carbocycles. The van der Waals surface area contributed by atoms with Gasteiger partial charge >= 0.3 is 0 Å². The van der Waals surface area contributed by atoms with Crippen LogP contribution in [0.1, 0.15) is 58.0 Å². The van der Waals surface area contributed by atoms with Crippen molar-refractivity contribution in [2.75, 3.05) is 18.4 Å². The molecule has 0 spiro atoms. The monoisotopic (exact) mass is 481 g/mol. The summed E-state index contributed by atoms with van der Waals surface area (Å²) in [6.07, 6.45) is 6.33. The quantitative estimate of drug-likeness (QED) is 0.592. The first-order valence-corrected chi connectivity index (χ1v) is 13.2. The lowest BCUT2D eigenvalue weighted by atomic mass is 9.96. The Hall–Kier alpha value is -2.54. The van der Waals surface area contributed by atoms with Crippen molar-refractivity contribution in [1.29, 1.82) is 5.26 Å². The molecule has 1 aliphatic heterocycles. The van der Waals surface area contributed by atoms with Crippen LogP contribution in [-0.4, -0.2) is 33.4 Å². The molecule has 172 valence electrons. The Kier molecular flexibility index (Phi) is 6.08. The summed E-state index contributed by atoms with van der Waals surface area (Å²) in [7, 11) is 0. The fourth-order valence-electron chi connectivity index (χ4n) is 4.88. The maximum Gasteiger partial charge on any atom is 0.263 e. The molecule has 0 atom stereocenters. The summed E-state index contributed by atoms with van der Waals surface area (Å²) in [4.78, 5) is 36.8. The van der Waals surface area contributed by atoms with Gasteiger partial charge in [-0.2, -0.15) is 5.26 Å². The van der Waals surface area contributed by atoms with Crippen molar-refractivity contribution in [2.45, 2.75) is 65.5 Å². The number of thiophene rings is 2. The first-order valence-electron chi connectivity index (χ1n) is 11.5. The van der Waals surface area contributed by atoms with Gasteiger partial charge in [0.25, 0.3) is 5.56 Å². The number of amides is 1. The lowest BCUT2D eigenvalue weighted by Gasteiger charge is -2.18. The number of carbonyl (C=O) groups excluding carboxylic acids is 1. The molecule has 9 heteroatoms. The molecule has 2 aliphatic rings. The second-order valence-electron chi connectivity index (χ2n) is 8.94. The van der Waals surface area contributed by atoms with E-state index in [4.69, 9.17) is 4.98 Å². The van der Waals surface area contributed by atoms with Crippen molar-refractivity contribution < 1.29 is 4.79 Å². The zero-order valence-corrected chi connectivity index (χ0v) is 20.6. The molecule has 3 aromatic heterocycles. The summed E-state index contributed by atoms with van der Waals surface area (Å²) in [5.41, 5.74) is 2.46. The molecule has 5 rings (SSSR count). The fourth-order valence-corrected chi connectivity index (χ4v) is 7.17. The van der Waals surface area contributed by atoms with Gasteiger partial charge < -0.3 is 5.32 Å². The molecule has 33 heavy (non-hydrogen) atoms. The number of anilines is 1. The van der Waals surface area contributed by atoms with Crippen LogP contribution in [-0.2, 0) is 30.7 Å². The molecule has 0 bridgehead atoms. The molecule has 3 aromatic rings. The van der Waals surface area contributed by atoms with Gasteiger partial charge in [-0.05, 0) is 76.6 Å². The van der Waals surface area contributed by atoms with Crippen molar-refractivity contribution in [1.82, 2.24) is 14.5 Å². The van der Waals surface area contributed by atoms with Crippen molar-refractivity contribution in [3.05, 3.63) is 42.6 Å². The van der Waals surface area contributed by atoms with Crippen LogP contribution in [0.3, 0.4) is 0 Å². The number of aryl methyl sites for hydroxylation is 3. The molecule has 1 amide bonds. The van der Waals surface area contributed by atoms with E-state index in [0.717, 1.165) is 72.4 Å². The molecule has 7 nitrogen and oxygen atoms in total. The lowest BCUT2D eigenvalue weighted by molar-refractivity contribution is -0.116. The van der Waals surface area contributed by atoms with E-state index in [1.165, 1.54) is 32.1 Å². The predicted octanol–water partition coefficient (Wildman–Crippen LogP) is 4.12. The van der Waals surface area contributed by atoms with Gasteiger partial charge in [-0.15, -0.1) is 22.7 Å². The summed E-state index contributed by atoms with van der Waals surface area (Å²) in [5.74, 6) is 0.345. The van der Waals surface area contributed by atoms with Crippen LogP contribution in [0.4, 0.5) is 5.00 Å². The standard InChI is InChI=1S/C24H27N5O2S2/c1-14-15(2)32-23-21(14)24(31)29(19(26-23)12-28-9-5-6-10-28)13-20(30)27-22-17(11-25)16-7-3-4-8-18(16)33-22/h3-10,12-13H2,1-2H3,(H,27,30). The van der Waals surface area contributed by atoms with E-state index in [2.05, 4.69) is 16.3 Å². The maximum atomic E-state index is 13.5. The Morgan fingerprint density at radius 3 is 2.67 bits per heavy atom. The summed E-state index contributed by atoms with van der Waals surface area (Å²) in [6.45, 7) is 6.36. The molecule has 0 unspecified atom stereocenters. The van der Waals surface area contributed by atoms with Crippen LogP contribution in [0.5, 0.6) is 0 Å². The van der Waals surface area contributed by atoms with Gasteiger partial charge in [0.2, 0.25) is 5.91 Å². The van der Waals surface area contributed by atoms with E-state index in [-0.39, 0.29) is 18.0 Å². The average molecular weight is 482 g/mol. The van der Waals surface area contributed by atoms with Gasteiger partial charge in [-0.25, -0.2) is 4.98 Å². The van der Waals surface area contributed by atoms with Crippen LogP contribution in [0.25, 0.3) is 10.2 Å². The highest BCUT2D eigenvalue weighted by Gasteiger charge is 2.24. The Bertz CT molecular complexity index is 1340. The average Bonchev–Trinajstić information content (AvgIpc) is 3.49. The van der Waals surface area contributed by atoms with Gasteiger partial charge in [0.05, 0.1) is 17.5 Å². The van der Waals surface area contributed by atoms with Gasteiger partial charge in [-0.1, -0.05) is 0 Å². The van der Waals surface area contributed by atoms with Gasteiger partial charge in [0.1, 0.15) is 28.3 Å². The second-order valence-corrected chi connectivity index (χ2v) is 11.2. The minimum absolute atomic E-state index is 0.104. The van der Waals surface area contributed by atoms with E-state index in [1.54, 1.807) is 0 Å². The fraction of sp³-hybridized carbons (Fsp3) is 0.500. The normalized spacial score (nSPS) is 16.2. The number of fused-ring (bicyclic) bond motifs is 2. The number of hydrogen-bond donors (Lipinski definition) is 1. The number of rotatable bonds is 5. The van der Waals surface area contributed by atoms with Crippen molar-refractivity contribution >= 4 is 43.8 Å². The van der Waals surface area contributed by atoms with Crippen LogP contribution in [0.2, 0.25) is 0 Å². The van der Waals surface area contributed by atoms with Crippen molar-refractivity contribution in [2.24, 2.45) is 0 Å². The molecule has 1 aliphatic carbocycles. The van der Waals surface area contributed by atoms with Gasteiger partial charge in [-0.3, -0.25) is 19.1 Å². The molecular formula is C24H27N5O2S2. The summed E-state index contributed by atoms with van der Waals surface area (Å²) < 4.78 is 1.54. The highest BCUT2D eigenvalue weighted by molar-refractivity contribution is 7.18. The SMILES string of the molecule is Cc1sc2nc(CN3CCCC3)n(CC(=O)Nc3sc4c(c3C#N)CCCC4)c(=O)c2c1C. The number of likely N-dealkylation sites (tertiary alicyclic amines) is 1. The van der Waals surface area contributed by atoms with Crippen LogP contribution in [0.15, 0.2) is 4.79 Å². The van der Waals surface area contributed by atoms with E-state index < -0.39 is 0 Å². The van der Waals surface area contributed by atoms with Gasteiger partial charge in [0.15, 0.2) is 0 Å². The number of nitrogens with zero attached hydrogens (tertiary/aromatic N) is 4. The minimum Gasteiger partial charge on any atom is -0.315 e. The van der Waals surface area contributed by atoms with Crippen LogP contribution in [0, 0.1) is 25.2 Å². The first-order chi connectivity index (χ1) is 16.0. The molecule has 4 heterocycles. The molecule has 0 saturated carbocycles. The van der Waals surface area contributed by atoms with Gasteiger partial charge in [0, 0.05) is 9.75 Å². The maximum absolute atomic E-state index is 13.5. The number of hydrogen-bond acceptors (Lipinski definition) is 7. The third-order valence-corrected chi connectivity index (χ3v) is 9.08. The number of nitrogens with one attached hydrogen (secondary N) is 1. The topological polar surface area (TPSA) is 91.0 Å². The van der Waals surface area contributed by atoms with Crippen molar-refractivity contribution in [3.8, 4) is 6.07 Å². The zero-order valence-electron chi connectivity index (χ0n) is 19.0. The van der Waals surface area contributed by atoms with E-state index in [9.17, 15) is 14.9 Å². The molecule has 1 saturated heterocycles. The minimum atomic E-state index is -0.291. The largest absolute Gasteiger partial charge is 0.315 e. The second kappa shape index (κ2) is 9.01. The Morgan fingerprint density at radius 1 is 1.15 bits per heavy atom. The number of carbonyl (C=O) groups is 1.